The molecule has 0 bridgehead atoms. The van der Waals surface area contributed by atoms with Gasteiger partial charge in [-0.25, -0.2) is 0 Å². The fraction of sp³-hybridized carbons (Fsp3) is 0.190. The number of nitrogens with one attached hydrogen (secondary N) is 2. The van der Waals surface area contributed by atoms with Crippen LogP contribution in [-0.4, -0.2) is 53.0 Å². The molecule has 2 heterocycles. The van der Waals surface area contributed by atoms with Gasteiger partial charge in [0, 0.05) is 30.6 Å². The van der Waals surface area contributed by atoms with Gasteiger partial charge in [0.25, 0.3) is 5.91 Å². The van der Waals surface area contributed by atoms with Crippen LogP contribution in [0.15, 0.2) is 48.5 Å². The lowest BCUT2D eigenvalue weighted by Gasteiger charge is -2.31. The summed E-state index contributed by atoms with van der Waals surface area (Å²) < 4.78 is 0. The van der Waals surface area contributed by atoms with Crippen LogP contribution >= 0.6 is 0 Å². The van der Waals surface area contributed by atoms with Gasteiger partial charge >= 0.3 is 0 Å². The number of aromatic nitrogens is 2. The molecule has 6 heteroatoms. The standard InChI is InChI=1S/C21H20N4O2/c26-14-17-13-25(12-11-22-17)21(27)16-8-5-15(6-9-16)7-10-20-18-3-1-2-4-19(18)23-24-20/h1-10,14,17,22H,11-13H2,(H,23,24). The lowest BCUT2D eigenvalue weighted by atomic mass is 10.1. The van der Waals surface area contributed by atoms with Crippen LogP contribution in [0.4, 0.5) is 0 Å². The van der Waals surface area contributed by atoms with Crippen LogP contribution in [0.25, 0.3) is 23.1 Å². The molecule has 27 heavy (non-hydrogen) atoms. The summed E-state index contributed by atoms with van der Waals surface area (Å²) in [4.78, 5) is 25.3. The van der Waals surface area contributed by atoms with Gasteiger partial charge in [-0.05, 0) is 29.8 Å². The molecule has 1 aliphatic heterocycles. The molecule has 1 aliphatic rings. The largest absolute Gasteiger partial charge is 0.335 e. The SMILES string of the molecule is O=CC1CN(C(=O)c2ccc(C=Cc3n[nH]c4ccccc34)cc2)CCN1. The van der Waals surface area contributed by atoms with Crippen molar-refractivity contribution in [1.82, 2.24) is 20.4 Å². The van der Waals surface area contributed by atoms with Crippen molar-refractivity contribution in [2.75, 3.05) is 19.6 Å². The highest BCUT2D eigenvalue weighted by Crippen LogP contribution is 2.18. The number of rotatable bonds is 4. The van der Waals surface area contributed by atoms with E-state index >= 15 is 0 Å². The number of fused-ring (bicyclic) bond motifs is 1. The summed E-state index contributed by atoms with van der Waals surface area (Å²) in [5.41, 5.74) is 3.50. The number of aldehydes is 1. The zero-order valence-corrected chi connectivity index (χ0v) is 14.8. The molecular formula is C21H20N4O2. The molecule has 1 fully saturated rings. The summed E-state index contributed by atoms with van der Waals surface area (Å²) in [6.45, 7) is 1.65. The maximum absolute atomic E-state index is 12.6. The maximum atomic E-state index is 12.6. The first-order valence-electron chi connectivity index (χ1n) is 8.94. The summed E-state index contributed by atoms with van der Waals surface area (Å²) in [5, 5.41) is 11.5. The quantitative estimate of drug-likeness (QED) is 0.700. The third-order valence-corrected chi connectivity index (χ3v) is 4.75. The molecule has 1 saturated heterocycles. The molecule has 0 radical (unpaired) electrons. The Bertz CT molecular complexity index is 991. The second kappa shape index (κ2) is 7.55. The van der Waals surface area contributed by atoms with E-state index in [1.807, 2.05) is 60.7 Å². The summed E-state index contributed by atoms with van der Waals surface area (Å²) in [6.07, 6.45) is 4.79. The molecule has 4 rings (SSSR count). The molecule has 3 aromatic rings. The minimum Gasteiger partial charge on any atom is -0.335 e. The number of hydrogen-bond donors (Lipinski definition) is 2. The molecule has 1 unspecified atom stereocenters. The Labute approximate surface area is 156 Å². The molecule has 0 aliphatic carbocycles. The first kappa shape index (κ1) is 17.2. The monoisotopic (exact) mass is 360 g/mol. The number of carbonyl (C=O) groups is 2. The minimum atomic E-state index is -0.284. The second-order valence-corrected chi connectivity index (χ2v) is 6.56. The van der Waals surface area contributed by atoms with Gasteiger partial charge in [-0.15, -0.1) is 0 Å². The third-order valence-electron chi connectivity index (χ3n) is 4.75. The van der Waals surface area contributed by atoms with Crippen molar-refractivity contribution >= 4 is 35.2 Å². The van der Waals surface area contributed by atoms with Crippen LogP contribution in [0, 0.1) is 0 Å². The fourth-order valence-electron chi connectivity index (χ4n) is 3.26. The third kappa shape index (κ3) is 3.66. The van der Waals surface area contributed by atoms with Crippen LogP contribution in [0.5, 0.6) is 0 Å². The van der Waals surface area contributed by atoms with E-state index in [9.17, 15) is 9.59 Å². The topological polar surface area (TPSA) is 78.1 Å². The zero-order valence-electron chi connectivity index (χ0n) is 14.8. The number of para-hydroxylation sites is 1. The van der Waals surface area contributed by atoms with E-state index in [0.29, 0.717) is 25.2 Å². The number of piperazine rings is 1. The average Bonchev–Trinajstić information content (AvgIpc) is 3.15. The Morgan fingerprint density at radius 2 is 1.93 bits per heavy atom. The van der Waals surface area contributed by atoms with Crippen LogP contribution in [0.3, 0.4) is 0 Å². The summed E-state index contributed by atoms with van der Waals surface area (Å²) in [6, 6.07) is 15.2. The molecule has 0 spiro atoms. The van der Waals surface area contributed by atoms with E-state index in [-0.39, 0.29) is 11.9 Å². The van der Waals surface area contributed by atoms with E-state index in [0.717, 1.165) is 28.4 Å². The Morgan fingerprint density at radius 1 is 1.11 bits per heavy atom. The fourth-order valence-corrected chi connectivity index (χ4v) is 3.26. The maximum Gasteiger partial charge on any atom is 0.253 e. The molecular weight excluding hydrogens is 340 g/mol. The number of carbonyl (C=O) groups excluding carboxylic acids is 2. The van der Waals surface area contributed by atoms with Crippen molar-refractivity contribution < 1.29 is 9.59 Å². The normalized spacial score (nSPS) is 17.5. The lowest BCUT2D eigenvalue weighted by molar-refractivity contribution is -0.110. The van der Waals surface area contributed by atoms with Gasteiger partial charge in [0.15, 0.2) is 0 Å². The first-order valence-corrected chi connectivity index (χ1v) is 8.94. The van der Waals surface area contributed by atoms with Crippen molar-refractivity contribution in [3.63, 3.8) is 0 Å². The van der Waals surface area contributed by atoms with Crippen molar-refractivity contribution in [2.45, 2.75) is 6.04 Å². The average molecular weight is 360 g/mol. The van der Waals surface area contributed by atoms with Crippen molar-refractivity contribution in [2.24, 2.45) is 0 Å². The number of benzene rings is 2. The van der Waals surface area contributed by atoms with Crippen molar-refractivity contribution in [3.8, 4) is 0 Å². The van der Waals surface area contributed by atoms with Crippen molar-refractivity contribution in [3.05, 3.63) is 65.4 Å². The van der Waals surface area contributed by atoms with Gasteiger partial charge in [0.2, 0.25) is 0 Å². The van der Waals surface area contributed by atoms with Gasteiger partial charge in [0.1, 0.15) is 6.29 Å². The van der Waals surface area contributed by atoms with Crippen LogP contribution < -0.4 is 5.32 Å². The number of nitrogens with zero attached hydrogens (tertiary/aromatic N) is 2. The predicted molar refractivity (Wildman–Crippen MR) is 105 cm³/mol. The molecule has 1 atom stereocenters. The second-order valence-electron chi connectivity index (χ2n) is 6.56. The highest BCUT2D eigenvalue weighted by Gasteiger charge is 2.23. The Morgan fingerprint density at radius 3 is 2.74 bits per heavy atom. The smallest absolute Gasteiger partial charge is 0.253 e. The number of aromatic amines is 1. The highest BCUT2D eigenvalue weighted by atomic mass is 16.2. The van der Waals surface area contributed by atoms with Crippen LogP contribution in [0.2, 0.25) is 0 Å². The summed E-state index contributed by atoms with van der Waals surface area (Å²) in [7, 11) is 0. The lowest BCUT2D eigenvalue weighted by Crippen LogP contribution is -2.53. The number of hydrogen-bond acceptors (Lipinski definition) is 4. The zero-order chi connectivity index (χ0) is 18.6. The predicted octanol–water partition coefficient (Wildman–Crippen LogP) is 2.35. The van der Waals surface area contributed by atoms with Gasteiger partial charge < -0.3 is 15.0 Å². The van der Waals surface area contributed by atoms with E-state index in [1.165, 1.54) is 0 Å². The molecule has 1 amide bonds. The number of H-pyrrole nitrogens is 1. The minimum absolute atomic E-state index is 0.0443. The molecule has 1 aromatic heterocycles. The van der Waals surface area contributed by atoms with Gasteiger partial charge in [0.05, 0.1) is 17.3 Å². The van der Waals surface area contributed by atoms with E-state index in [1.54, 1.807) is 4.90 Å². The molecule has 136 valence electrons. The Hall–Kier alpha value is -3.25. The molecule has 2 aromatic carbocycles. The Balaban J connectivity index is 1.47. The van der Waals surface area contributed by atoms with Crippen molar-refractivity contribution in [1.29, 1.82) is 0 Å². The summed E-state index contributed by atoms with van der Waals surface area (Å²) in [5.74, 6) is -0.0443. The van der Waals surface area contributed by atoms with E-state index in [2.05, 4.69) is 15.5 Å². The molecule has 2 N–H and O–H groups in total. The summed E-state index contributed by atoms with van der Waals surface area (Å²) >= 11 is 0. The number of amides is 1. The highest BCUT2D eigenvalue weighted by molar-refractivity contribution is 5.95. The van der Waals surface area contributed by atoms with E-state index < -0.39 is 0 Å². The van der Waals surface area contributed by atoms with Gasteiger partial charge in [-0.2, -0.15) is 5.10 Å². The van der Waals surface area contributed by atoms with Gasteiger partial charge in [-0.1, -0.05) is 36.4 Å². The van der Waals surface area contributed by atoms with E-state index in [4.69, 9.17) is 0 Å². The van der Waals surface area contributed by atoms with Crippen LogP contribution in [0.1, 0.15) is 21.6 Å². The molecule has 6 nitrogen and oxygen atoms in total. The first-order chi connectivity index (χ1) is 13.2. The van der Waals surface area contributed by atoms with Gasteiger partial charge in [-0.3, -0.25) is 9.89 Å². The Kier molecular flexibility index (Phi) is 4.80. The molecule has 0 saturated carbocycles. The van der Waals surface area contributed by atoms with Crippen LogP contribution in [-0.2, 0) is 4.79 Å².